The summed E-state index contributed by atoms with van der Waals surface area (Å²) in [6.45, 7) is 1.38. The molecule has 7 nitrogen and oxygen atoms in total. The molecule has 3 aliphatic rings. The van der Waals surface area contributed by atoms with E-state index in [1.54, 1.807) is 0 Å². The van der Waals surface area contributed by atoms with Gasteiger partial charge in [0, 0.05) is 44.1 Å². The molecule has 2 aliphatic heterocycles. The van der Waals surface area contributed by atoms with E-state index in [1.807, 2.05) is 0 Å². The average Bonchev–Trinajstić information content (AvgIpc) is 3.11. The molecular weight excluding hydrogens is 410 g/mol. The van der Waals surface area contributed by atoms with Crippen molar-refractivity contribution in [2.75, 3.05) is 13.2 Å². The van der Waals surface area contributed by atoms with Crippen molar-refractivity contribution in [1.82, 2.24) is 0 Å². The first-order valence-corrected chi connectivity index (χ1v) is 12.5. The minimum Gasteiger partial charge on any atom is -0.469 e. The number of aldehydes is 1. The molecule has 3 rings (SSSR count). The van der Waals surface area contributed by atoms with Crippen molar-refractivity contribution in [2.24, 2.45) is 11.8 Å². The van der Waals surface area contributed by atoms with E-state index in [2.05, 4.69) is 12.1 Å². The van der Waals surface area contributed by atoms with Crippen LogP contribution in [0.4, 0.5) is 0 Å². The second kappa shape index (κ2) is 13.9. The molecule has 0 aromatic heterocycles. The number of aliphatic hydroxyl groups is 1. The Labute approximate surface area is 192 Å². The van der Waals surface area contributed by atoms with Crippen molar-refractivity contribution in [1.29, 1.82) is 5.26 Å². The van der Waals surface area contributed by atoms with E-state index in [1.165, 1.54) is 0 Å². The van der Waals surface area contributed by atoms with E-state index in [-0.39, 0.29) is 36.9 Å². The predicted octanol–water partition coefficient (Wildman–Crippen LogP) is 4.39. The largest absolute Gasteiger partial charge is 0.469 e. The van der Waals surface area contributed by atoms with Crippen molar-refractivity contribution < 1.29 is 28.8 Å². The number of hydrogen-bond acceptors (Lipinski definition) is 7. The molecule has 1 N–H and O–H groups in total. The van der Waals surface area contributed by atoms with Crippen LogP contribution in [0.5, 0.6) is 0 Å². The van der Waals surface area contributed by atoms with Crippen molar-refractivity contribution in [2.45, 2.75) is 108 Å². The zero-order valence-corrected chi connectivity index (χ0v) is 19.2. The Morgan fingerprint density at radius 1 is 1.06 bits per heavy atom. The van der Waals surface area contributed by atoms with E-state index in [0.29, 0.717) is 26.1 Å². The van der Waals surface area contributed by atoms with Crippen LogP contribution in [0, 0.1) is 23.2 Å². The normalized spacial score (nSPS) is 33.6. The smallest absolute Gasteiger partial charge is 0.199 e. The highest BCUT2D eigenvalue weighted by atomic mass is 16.7. The van der Waals surface area contributed by atoms with Crippen LogP contribution in [0.25, 0.3) is 0 Å². The number of unbranched alkanes of at least 4 members (excludes halogenated alkanes) is 4. The van der Waals surface area contributed by atoms with Crippen LogP contribution in [-0.2, 0) is 23.7 Å². The van der Waals surface area contributed by atoms with Crippen LogP contribution >= 0.6 is 0 Å². The first-order valence-electron chi connectivity index (χ1n) is 12.5. The summed E-state index contributed by atoms with van der Waals surface area (Å²) in [5, 5.41) is 19.5. The number of carbonyl (C=O) groups excluding carboxylic acids is 1. The van der Waals surface area contributed by atoms with Gasteiger partial charge in [-0.1, -0.05) is 6.42 Å². The van der Waals surface area contributed by atoms with Crippen LogP contribution in [-0.4, -0.2) is 49.4 Å². The number of carbonyl (C=O) groups is 1. The molecule has 2 saturated heterocycles. The van der Waals surface area contributed by atoms with Gasteiger partial charge in [0.15, 0.2) is 12.6 Å². The minimum atomic E-state index is -0.617. The number of ether oxygens (including phenoxy) is 4. The summed E-state index contributed by atoms with van der Waals surface area (Å²) in [7, 11) is 0. The predicted molar refractivity (Wildman–Crippen MR) is 118 cm³/mol. The highest BCUT2D eigenvalue weighted by Crippen LogP contribution is 2.43. The Morgan fingerprint density at radius 3 is 2.47 bits per heavy atom. The fourth-order valence-electron chi connectivity index (χ4n) is 5.03. The second-order valence-electron chi connectivity index (χ2n) is 9.14. The van der Waals surface area contributed by atoms with E-state index in [9.17, 15) is 9.90 Å². The van der Waals surface area contributed by atoms with Gasteiger partial charge in [0.2, 0.25) is 0 Å². The van der Waals surface area contributed by atoms with Gasteiger partial charge in [-0.15, -0.1) is 0 Å². The third-order valence-corrected chi connectivity index (χ3v) is 6.73. The molecule has 180 valence electrons. The first-order chi connectivity index (χ1) is 15.7. The average molecular weight is 450 g/mol. The first kappa shape index (κ1) is 25.2. The van der Waals surface area contributed by atoms with E-state index in [0.717, 1.165) is 76.3 Å². The standard InChI is InChI=1S/C25H39NO6/c26-14-7-3-1-2-4-10-21(31-23-11-5-8-16-29-23)25-19(13-15-27)20(28)18-22(25)32-24-12-6-9-17-30-24/h10,15,19-20,22-25,28H,1-9,11-13,16-18H2/t19-,20-,22+,23?,24?,25-/m0/s1. The molecule has 0 aromatic carbocycles. The van der Waals surface area contributed by atoms with Gasteiger partial charge in [-0.3, -0.25) is 0 Å². The Balaban J connectivity index is 1.74. The van der Waals surface area contributed by atoms with Crippen molar-refractivity contribution in [3.63, 3.8) is 0 Å². The summed E-state index contributed by atoms with van der Waals surface area (Å²) in [6, 6.07) is 2.19. The van der Waals surface area contributed by atoms with Gasteiger partial charge in [0.05, 0.1) is 24.9 Å². The number of aliphatic hydroxyl groups excluding tert-OH is 1. The van der Waals surface area contributed by atoms with E-state index in [4.69, 9.17) is 24.2 Å². The molecule has 2 unspecified atom stereocenters. The summed E-state index contributed by atoms with van der Waals surface area (Å²) in [5.41, 5.74) is 0. The molecule has 0 amide bonds. The second-order valence-corrected chi connectivity index (χ2v) is 9.14. The summed E-state index contributed by atoms with van der Waals surface area (Å²) in [4.78, 5) is 11.4. The van der Waals surface area contributed by atoms with Crippen LogP contribution in [0.2, 0.25) is 0 Å². The number of hydrogen-bond donors (Lipinski definition) is 1. The maximum absolute atomic E-state index is 11.4. The van der Waals surface area contributed by atoms with E-state index < -0.39 is 6.10 Å². The molecule has 0 bridgehead atoms. The van der Waals surface area contributed by atoms with Gasteiger partial charge in [0.1, 0.15) is 12.0 Å². The molecule has 1 saturated carbocycles. The van der Waals surface area contributed by atoms with Gasteiger partial charge >= 0.3 is 0 Å². The van der Waals surface area contributed by atoms with Crippen molar-refractivity contribution in [3.05, 3.63) is 11.8 Å². The Hall–Kier alpha value is -1.46. The highest BCUT2D eigenvalue weighted by molar-refractivity contribution is 5.50. The lowest BCUT2D eigenvalue weighted by atomic mass is 9.88. The Kier molecular flexibility index (Phi) is 11.0. The fourth-order valence-corrected chi connectivity index (χ4v) is 5.03. The van der Waals surface area contributed by atoms with Gasteiger partial charge in [-0.25, -0.2) is 0 Å². The fraction of sp³-hybridized carbons (Fsp3) is 0.840. The minimum absolute atomic E-state index is 0.203. The molecule has 3 fully saturated rings. The van der Waals surface area contributed by atoms with Crippen LogP contribution in [0.15, 0.2) is 11.8 Å². The summed E-state index contributed by atoms with van der Waals surface area (Å²) in [6.07, 6.45) is 12.4. The van der Waals surface area contributed by atoms with Crippen molar-refractivity contribution >= 4 is 6.29 Å². The van der Waals surface area contributed by atoms with Crippen LogP contribution in [0.3, 0.4) is 0 Å². The Bertz CT molecular complexity index is 620. The molecule has 0 aromatic rings. The molecule has 1 aliphatic carbocycles. The zero-order valence-electron chi connectivity index (χ0n) is 19.2. The topological polar surface area (TPSA) is 98.0 Å². The van der Waals surface area contributed by atoms with Gasteiger partial charge in [0.25, 0.3) is 0 Å². The maximum atomic E-state index is 11.4. The summed E-state index contributed by atoms with van der Waals surface area (Å²) < 4.78 is 24.4. The number of nitriles is 1. The monoisotopic (exact) mass is 449 g/mol. The van der Waals surface area contributed by atoms with Crippen molar-refractivity contribution in [3.8, 4) is 6.07 Å². The SMILES string of the molecule is N#CCCCCCC=C(OC1CCCCO1)[C@@H]1[C@@H](CC=O)[C@@H](O)C[C@H]1OC1CCCCO1. The quantitative estimate of drug-likeness (QED) is 0.268. The molecule has 6 atom stereocenters. The lowest BCUT2D eigenvalue weighted by Crippen LogP contribution is -2.34. The van der Waals surface area contributed by atoms with E-state index >= 15 is 0 Å². The van der Waals surface area contributed by atoms with Gasteiger partial charge in [-0.05, 0) is 57.4 Å². The highest BCUT2D eigenvalue weighted by Gasteiger charge is 2.47. The summed E-state index contributed by atoms with van der Waals surface area (Å²) >= 11 is 0. The van der Waals surface area contributed by atoms with Crippen LogP contribution < -0.4 is 0 Å². The molecule has 0 radical (unpaired) electrons. The molecule has 7 heteroatoms. The third kappa shape index (κ3) is 7.55. The summed E-state index contributed by atoms with van der Waals surface area (Å²) in [5.74, 6) is 0.335. The number of rotatable bonds is 12. The van der Waals surface area contributed by atoms with Gasteiger partial charge < -0.3 is 28.8 Å². The van der Waals surface area contributed by atoms with Gasteiger partial charge in [-0.2, -0.15) is 5.26 Å². The molecular formula is C25H39NO6. The Morgan fingerprint density at radius 2 is 1.81 bits per heavy atom. The number of allylic oxidation sites excluding steroid dienone is 1. The number of nitrogens with zero attached hydrogens (tertiary/aromatic N) is 1. The van der Waals surface area contributed by atoms with Crippen LogP contribution in [0.1, 0.15) is 83.5 Å². The zero-order chi connectivity index (χ0) is 22.6. The third-order valence-electron chi connectivity index (χ3n) is 6.73. The molecule has 32 heavy (non-hydrogen) atoms. The maximum Gasteiger partial charge on any atom is 0.199 e. The lowest BCUT2D eigenvalue weighted by molar-refractivity contribution is -0.201. The molecule has 0 spiro atoms. The molecule has 2 heterocycles. The lowest BCUT2D eigenvalue weighted by Gasteiger charge is -2.33.